The van der Waals surface area contributed by atoms with Gasteiger partial charge in [0.2, 0.25) is 11.7 Å². The van der Waals surface area contributed by atoms with E-state index in [4.69, 9.17) is 17.3 Å². The molecule has 0 atom stereocenters. The maximum absolute atomic E-state index is 13.5. The first kappa shape index (κ1) is 11.9. The van der Waals surface area contributed by atoms with Crippen molar-refractivity contribution in [3.8, 4) is 11.4 Å². The number of benzene rings is 1. The second-order valence-corrected chi connectivity index (χ2v) is 3.44. The Morgan fingerprint density at radius 2 is 2.00 bits per heavy atom. The molecule has 0 saturated carbocycles. The average molecular weight is 264 g/mol. The molecule has 1 aromatic heterocycles. The fraction of sp³-hybridized carbons (Fsp3) is 0.111. The largest absolute Gasteiger partial charge is 0.338 e. The number of aromatic nitrogens is 2. The molecule has 0 spiro atoms. The van der Waals surface area contributed by atoms with E-state index in [-0.39, 0.29) is 18.3 Å². The Balaban J connectivity index is 2.59. The van der Waals surface area contributed by atoms with Crippen molar-refractivity contribution in [2.45, 2.75) is 6.54 Å². The van der Waals surface area contributed by atoms with Crippen molar-refractivity contribution < 1.29 is 17.7 Å². The van der Waals surface area contributed by atoms with Gasteiger partial charge >= 0.3 is 0 Å². The van der Waals surface area contributed by atoms with E-state index in [0.717, 1.165) is 0 Å². The number of halogens is 4. The normalized spacial score (nSPS) is 10.9. The summed E-state index contributed by atoms with van der Waals surface area (Å²) in [7, 11) is 0. The molecule has 0 fully saturated rings. The van der Waals surface area contributed by atoms with E-state index < -0.39 is 28.0 Å². The van der Waals surface area contributed by atoms with E-state index in [1.54, 1.807) is 0 Å². The zero-order chi connectivity index (χ0) is 12.6. The van der Waals surface area contributed by atoms with Crippen molar-refractivity contribution in [3.63, 3.8) is 0 Å². The van der Waals surface area contributed by atoms with Crippen LogP contribution >= 0.6 is 11.6 Å². The van der Waals surface area contributed by atoms with Gasteiger partial charge in [-0.2, -0.15) is 4.98 Å². The Labute approximate surface area is 98.2 Å². The van der Waals surface area contributed by atoms with E-state index in [1.807, 2.05) is 0 Å². The molecule has 0 saturated heterocycles. The lowest BCUT2D eigenvalue weighted by atomic mass is 10.2. The monoisotopic (exact) mass is 263 g/mol. The number of nitrogens with zero attached hydrogens (tertiary/aromatic N) is 2. The second-order valence-electron chi connectivity index (χ2n) is 3.06. The molecule has 1 aromatic carbocycles. The fourth-order valence-corrected chi connectivity index (χ4v) is 1.37. The smallest absolute Gasteiger partial charge is 0.240 e. The van der Waals surface area contributed by atoms with Crippen molar-refractivity contribution in [2.24, 2.45) is 5.73 Å². The minimum absolute atomic E-state index is 0.0419. The molecule has 0 radical (unpaired) electrons. The van der Waals surface area contributed by atoms with Crippen LogP contribution in [0.2, 0.25) is 5.02 Å². The van der Waals surface area contributed by atoms with Crippen LogP contribution in [0.4, 0.5) is 13.2 Å². The molecule has 0 amide bonds. The van der Waals surface area contributed by atoms with E-state index >= 15 is 0 Å². The first-order valence-electron chi connectivity index (χ1n) is 4.40. The summed E-state index contributed by atoms with van der Waals surface area (Å²) >= 11 is 5.28. The molecular formula is C9H5ClF3N3O. The highest BCUT2D eigenvalue weighted by molar-refractivity contribution is 6.31. The minimum atomic E-state index is -1.46. The summed E-state index contributed by atoms with van der Waals surface area (Å²) in [5, 5.41) is 2.42. The van der Waals surface area contributed by atoms with Crippen molar-refractivity contribution in [2.75, 3.05) is 0 Å². The quantitative estimate of drug-likeness (QED) is 0.667. The highest BCUT2D eigenvalue weighted by Gasteiger charge is 2.21. The summed E-state index contributed by atoms with van der Waals surface area (Å²) in [6.07, 6.45) is 0. The Morgan fingerprint density at radius 3 is 2.59 bits per heavy atom. The van der Waals surface area contributed by atoms with Crippen LogP contribution in [0.15, 0.2) is 10.6 Å². The molecule has 8 heteroatoms. The SMILES string of the molecule is NCc1nc(-c2cc(F)c(F)c(Cl)c2F)no1. The van der Waals surface area contributed by atoms with Crippen LogP contribution in [-0.4, -0.2) is 10.1 Å². The molecule has 1 heterocycles. The highest BCUT2D eigenvalue weighted by Crippen LogP contribution is 2.29. The summed E-state index contributed by atoms with van der Waals surface area (Å²) in [4.78, 5) is 3.68. The van der Waals surface area contributed by atoms with Crippen LogP contribution in [0.3, 0.4) is 0 Å². The van der Waals surface area contributed by atoms with Gasteiger partial charge in [-0.3, -0.25) is 0 Å². The molecule has 0 bridgehead atoms. The van der Waals surface area contributed by atoms with Crippen molar-refractivity contribution in [1.29, 1.82) is 0 Å². The first-order chi connectivity index (χ1) is 8.04. The standard InChI is InChI=1S/C9H5ClF3N3O/c10-6-7(12)3(1-4(11)8(6)13)9-15-5(2-14)17-16-9/h1H,2,14H2. The topological polar surface area (TPSA) is 64.9 Å². The van der Waals surface area contributed by atoms with Crippen LogP contribution in [0.1, 0.15) is 5.89 Å². The van der Waals surface area contributed by atoms with Crippen molar-refractivity contribution >= 4 is 11.6 Å². The van der Waals surface area contributed by atoms with E-state index in [1.165, 1.54) is 0 Å². The molecule has 2 rings (SSSR count). The van der Waals surface area contributed by atoms with Crippen LogP contribution in [0, 0.1) is 17.5 Å². The van der Waals surface area contributed by atoms with Crippen LogP contribution in [0.5, 0.6) is 0 Å². The van der Waals surface area contributed by atoms with Gasteiger partial charge in [0.1, 0.15) is 5.02 Å². The summed E-state index contributed by atoms with van der Waals surface area (Å²) in [5.74, 6) is -4.13. The summed E-state index contributed by atoms with van der Waals surface area (Å²) in [5.41, 5.74) is 4.82. The summed E-state index contributed by atoms with van der Waals surface area (Å²) in [6, 6.07) is 0.599. The Morgan fingerprint density at radius 1 is 1.29 bits per heavy atom. The first-order valence-corrected chi connectivity index (χ1v) is 4.78. The molecule has 17 heavy (non-hydrogen) atoms. The minimum Gasteiger partial charge on any atom is -0.338 e. The van der Waals surface area contributed by atoms with E-state index in [0.29, 0.717) is 6.07 Å². The third kappa shape index (κ3) is 1.98. The molecule has 0 aliphatic heterocycles. The predicted molar refractivity (Wildman–Crippen MR) is 52.5 cm³/mol. The van der Waals surface area contributed by atoms with Crippen LogP contribution in [-0.2, 0) is 6.54 Å². The lowest BCUT2D eigenvalue weighted by Gasteiger charge is -2.02. The summed E-state index contributed by atoms with van der Waals surface area (Å²) < 4.78 is 44.2. The van der Waals surface area contributed by atoms with E-state index in [2.05, 4.69) is 14.7 Å². The zero-order valence-electron chi connectivity index (χ0n) is 8.18. The van der Waals surface area contributed by atoms with Gasteiger partial charge in [0, 0.05) is 0 Å². The predicted octanol–water partition coefficient (Wildman–Crippen LogP) is 2.27. The van der Waals surface area contributed by atoms with Gasteiger partial charge in [-0.15, -0.1) is 0 Å². The maximum atomic E-state index is 13.5. The van der Waals surface area contributed by atoms with Gasteiger partial charge in [-0.25, -0.2) is 13.2 Å². The highest BCUT2D eigenvalue weighted by atomic mass is 35.5. The van der Waals surface area contributed by atoms with Gasteiger partial charge < -0.3 is 10.3 Å². The lowest BCUT2D eigenvalue weighted by Crippen LogP contribution is -1.97. The molecule has 0 aliphatic carbocycles. The second kappa shape index (κ2) is 4.34. The molecule has 90 valence electrons. The molecule has 0 aliphatic rings. The van der Waals surface area contributed by atoms with Crippen LogP contribution < -0.4 is 5.73 Å². The van der Waals surface area contributed by atoms with Gasteiger partial charge in [-0.05, 0) is 6.07 Å². The fourth-order valence-electron chi connectivity index (χ4n) is 1.18. The van der Waals surface area contributed by atoms with Gasteiger partial charge in [0.15, 0.2) is 17.5 Å². The van der Waals surface area contributed by atoms with Crippen LogP contribution in [0.25, 0.3) is 11.4 Å². The molecule has 2 N–H and O–H groups in total. The molecular weight excluding hydrogens is 259 g/mol. The third-order valence-corrected chi connectivity index (χ3v) is 2.32. The zero-order valence-corrected chi connectivity index (χ0v) is 8.93. The average Bonchev–Trinajstić information content (AvgIpc) is 2.79. The van der Waals surface area contributed by atoms with Gasteiger partial charge in [0.05, 0.1) is 12.1 Å². The molecule has 2 aromatic rings. The van der Waals surface area contributed by atoms with E-state index in [9.17, 15) is 13.2 Å². The number of hydrogen-bond donors (Lipinski definition) is 1. The maximum Gasteiger partial charge on any atom is 0.240 e. The Bertz CT molecular complexity index is 573. The number of rotatable bonds is 2. The van der Waals surface area contributed by atoms with Gasteiger partial charge in [0.25, 0.3) is 0 Å². The third-order valence-electron chi connectivity index (χ3n) is 1.99. The van der Waals surface area contributed by atoms with Crippen molar-refractivity contribution in [1.82, 2.24) is 10.1 Å². The lowest BCUT2D eigenvalue weighted by molar-refractivity contribution is 0.380. The van der Waals surface area contributed by atoms with Gasteiger partial charge in [-0.1, -0.05) is 16.8 Å². The molecule has 0 unspecified atom stereocenters. The Hall–Kier alpha value is -1.60. The Kier molecular flexibility index (Phi) is 3.03. The number of hydrogen-bond acceptors (Lipinski definition) is 4. The summed E-state index contributed by atoms with van der Waals surface area (Å²) in [6.45, 7) is -0.0496. The molecule has 4 nitrogen and oxygen atoms in total. The number of nitrogens with two attached hydrogens (primary N) is 1. The van der Waals surface area contributed by atoms with Crippen molar-refractivity contribution in [3.05, 3.63) is 34.4 Å².